The fraction of sp³-hybridized carbons (Fsp3) is 0.400. The summed E-state index contributed by atoms with van der Waals surface area (Å²) in [5.41, 5.74) is 0.649. The van der Waals surface area contributed by atoms with E-state index in [1.807, 2.05) is 0 Å². The predicted octanol–water partition coefficient (Wildman–Crippen LogP) is 1.48. The average molecular weight is 261 g/mol. The molecule has 0 saturated carbocycles. The molecule has 0 fully saturated rings. The normalized spacial score (nSPS) is 14.9. The highest BCUT2D eigenvalue weighted by atomic mass is 79.9. The van der Waals surface area contributed by atoms with Crippen LogP contribution >= 0.6 is 15.9 Å². The molecule has 0 aromatic heterocycles. The van der Waals surface area contributed by atoms with Gasteiger partial charge in [0.2, 0.25) is 0 Å². The molecular weight excluding hydrogens is 248 g/mol. The average Bonchev–Trinajstić information content (AvgIpc) is 2.27. The molecule has 14 heavy (non-hydrogen) atoms. The number of methoxy groups -OCH3 is 1. The number of rotatable bonds is 4. The quantitative estimate of drug-likeness (QED) is 0.807. The van der Waals surface area contributed by atoms with E-state index in [2.05, 4.69) is 15.9 Å². The Morgan fingerprint density at radius 3 is 2.71 bits per heavy atom. The zero-order chi connectivity index (χ0) is 10.6. The standard InChI is InChI=1S/C10H13BrO3/c1-14-8-4-2-3-7(5-8)10(13)9(12)6-11/h2-5,9-10,12-13H,6H2,1H3. The van der Waals surface area contributed by atoms with Gasteiger partial charge < -0.3 is 14.9 Å². The summed E-state index contributed by atoms with van der Waals surface area (Å²) in [6.07, 6.45) is -1.69. The Balaban J connectivity index is 2.83. The molecule has 0 amide bonds. The number of hydrogen-bond acceptors (Lipinski definition) is 3. The minimum Gasteiger partial charge on any atom is -0.497 e. The van der Waals surface area contributed by atoms with Crippen LogP contribution in [-0.2, 0) is 0 Å². The van der Waals surface area contributed by atoms with Crippen molar-refractivity contribution in [1.82, 2.24) is 0 Å². The number of hydrogen-bond donors (Lipinski definition) is 2. The van der Waals surface area contributed by atoms with Crippen molar-refractivity contribution in [1.29, 1.82) is 0 Å². The lowest BCUT2D eigenvalue weighted by Crippen LogP contribution is -2.19. The molecule has 0 spiro atoms. The summed E-state index contributed by atoms with van der Waals surface area (Å²) in [4.78, 5) is 0. The number of aliphatic hydroxyl groups is 2. The van der Waals surface area contributed by atoms with Crippen molar-refractivity contribution in [3.05, 3.63) is 29.8 Å². The Labute approximate surface area is 91.5 Å². The third-order valence-electron chi connectivity index (χ3n) is 1.96. The van der Waals surface area contributed by atoms with Gasteiger partial charge in [-0.1, -0.05) is 28.1 Å². The molecule has 3 nitrogen and oxygen atoms in total. The lowest BCUT2D eigenvalue weighted by molar-refractivity contribution is 0.0341. The van der Waals surface area contributed by atoms with Gasteiger partial charge in [0.15, 0.2) is 0 Å². The summed E-state index contributed by atoms with van der Waals surface area (Å²) in [6.45, 7) is 0. The lowest BCUT2D eigenvalue weighted by atomic mass is 10.1. The summed E-state index contributed by atoms with van der Waals surface area (Å²) >= 11 is 3.11. The van der Waals surface area contributed by atoms with Crippen LogP contribution in [0.4, 0.5) is 0 Å². The molecule has 0 saturated heterocycles. The van der Waals surface area contributed by atoms with Crippen LogP contribution in [0.3, 0.4) is 0 Å². The van der Waals surface area contributed by atoms with E-state index in [0.29, 0.717) is 16.6 Å². The molecular formula is C10H13BrO3. The fourth-order valence-corrected chi connectivity index (χ4v) is 1.49. The second kappa shape index (κ2) is 5.34. The van der Waals surface area contributed by atoms with Crippen molar-refractivity contribution in [3.63, 3.8) is 0 Å². The van der Waals surface area contributed by atoms with Crippen LogP contribution < -0.4 is 4.74 Å². The molecule has 1 aromatic rings. The Morgan fingerprint density at radius 1 is 1.43 bits per heavy atom. The Morgan fingerprint density at radius 2 is 2.14 bits per heavy atom. The Bertz CT molecular complexity index is 290. The zero-order valence-electron chi connectivity index (χ0n) is 7.85. The molecule has 2 atom stereocenters. The molecule has 78 valence electrons. The summed E-state index contributed by atoms with van der Waals surface area (Å²) in [7, 11) is 1.56. The van der Waals surface area contributed by atoms with Gasteiger partial charge in [-0.25, -0.2) is 0 Å². The van der Waals surface area contributed by atoms with E-state index >= 15 is 0 Å². The van der Waals surface area contributed by atoms with Crippen LogP contribution in [0.1, 0.15) is 11.7 Å². The highest BCUT2D eigenvalue weighted by Crippen LogP contribution is 2.22. The molecule has 2 unspecified atom stereocenters. The maximum atomic E-state index is 9.67. The molecule has 1 rings (SSSR count). The maximum absolute atomic E-state index is 9.67. The number of aliphatic hydroxyl groups excluding tert-OH is 2. The van der Waals surface area contributed by atoms with Crippen molar-refractivity contribution in [2.24, 2.45) is 0 Å². The highest BCUT2D eigenvalue weighted by Gasteiger charge is 2.17. The molecule has 2 N–H and O–H groups in total. The molecule has 0 aliphatic carbocycles. The van der Waals surface area contributed by atoms with Crippen LogP contribution in [-0.4, -0.2) is 28.8 Å². The fourth-order valence-electron chi connectivity index (χ4n) is 1.13. The monoisotopic (exact) mass is 260 g/mol. The topological polar surface area (TPSA) is 49.7 Å². The summed E-state index contributed by atoms with van der Waals surface area (Å²) in [6, 6.07) is 7.02. The van der Waals surface area contributed by atoms with E-state index < -0.39 is 12.2 Å². The van der Waals surface area contributed by atoms with Crippen molar-refractivity contribution in [3.8, 4) is 5.75 Å². The van der Waals surface area contributed by atoms with Gasteiger partial charge in [-0.3, -0.25) is 0 Å². The van der Waals surface area contributed by atoms with Gasteiger partial charge >= 0.3 is 0 Å². The molecule has 4 heteroatoms. The van der Waals surface area contributed by atoms with Gasteiger partial charge in [0.05, 0.1) is 13.2 Å². The maximum Gasteiger partial charge on any atom is 0.119 e. The minimum atomic E-state index is -0.885. The first-order valence-electron chi connectivity index (χ1n) is 4.25. The molecule has 0 heterocycles. The lowest BCUT2D eigenvalue weighted by Gasteiger charge is -2.16. The van der Waals surface area contributed by atoms with E-state index in [9.17, 15) is 10.2 Å². The predicted molar refractivity (Wildman–Crippen MR) is 57.8 cm³/mol. The van der Waals surface area contributed by atoms with Crippen molar-refractivity contribution < 1.29 is 14.9 Å². The first kappa shape index (κ1) is 11.5. The van der Waals surface area contributed by atoms with Crippen LogP contribution in [0.2, 0.25) is 0 Å². The SMILES string of the molecule is COc1cccc(C(O)C(O)CBr)c1. The van der Waals surface area contributed by atoms with Crippen LogP contribution in [0.25, 0.3) is 0 Å². The van der Waals surface area contributed by atoms with Gasteiger partial charge in [-0.2, -0.15) is 0 Å². The van der Waals surface area contributed by atoms with E-state index in [1.54, 1.807) is 31.4 Å². The van der Waals surface area contributed by atoms with E-state index in [4.69, 9.17) is 4.74 Å². The van der Waals surface area contributed by atoms with E-state index in [0.717, 1.165) is 0 Å². The van der Waals surface area contributed by atoms with Gasteiger partial charge in [0.1, 0.15) is 11.9 Å². The van der Waals surface area contributed by atoms with Crippen molar-refractivity contribution in [2.75, 3.05) is 12.4 Å². The van der Waals surface area contributed by atoms with E-state index in [1.165, 1.54) is 0 Å². The summed E-state index contributed by atoms with van der Waals surface area (Å²) in [5, 5.41) is 19.4. The minimum absolute atomic E-state index is 0.339. The Hall–Kier alpha value is -0.580. The molecule has 0 bridgehead atoms. The summed E-state index contributed by atoms with van der Waals surface area (Å²) < 4.78 is 5.01. The van der Waals surface area contributed by atoms with Crippen LogP contribution in [0.15, 0.2) is 24.3 Å². The van der Waals surface area contributed by atoms with Gasteiger partial charge in [-0.05, 0) is 17.7 Å². The first-order chi connectivity index (χ1) is 6.69. The third kappa shape index (κ3) is 2.70. The third-order valence-corrected chi connectivity index (χ3v) is 2.62. The van der Waals surface area contributed by atoms with Gasteiger partial charge in [0, 0.05) is 5.33 Å². The van der Waals surface area contributed by atoms with Crippen molar-refractivity contribution >= 4 is 15.9 Å². The Kier molecular flexibility index (Phi) is 4.38. The van der Waals surface area contributed by atoms with Crippen molar-refractivity contribution in [2.45, 2.75) is 12.2 Å². The largest absolute Gasteiger partial charge is 0.497 e. The molecule has 0 radical (unpaired) electrons. The number of ether oxygens (including phenoxy) is 1. The van der Waals surface area contributed by atoms with Gasteiger partial charge in [-0.15, -0.1) is 0 Å². The number of benzene rings is 1. The second-order valence-electron chi connectivity index (χ2n) is 2.94. The molecule has 0 aliphatic rings. The number of halogens is 1. The second-order valence-corrected chi connectivity index (χ2v) is 3.59. The number of alkyl halides is 1. The smallest absolute Gasteiger partial charge is 0.119 e. The van der Waals surface area contributed by atoms with Gasteiger partial charge in [0.25, 0.3) is 0 Å². The zero-order valence-corrected chi connectivity index (χ0v) is 9.44. The van der Waals surface area contributed by atoms with Crippen LogP contribution in [0.5, 0.6) is 5.75 Å². The first-order valence-corrected chi connectivity index (χ1v) is 5.37. The van der Waals surface area contributed by atoms with Crippen LogP contribution in [0, 0.1) is 0 Å². The highest BCUT2D eigenvalue weighted by molar-refractivity contribution is 9.09. The molecule has 1 aromatic carbocycles. The molecule has 0 aliphatic heterocycles. The summed E-state index contributed by atoms with van der Waals surface area (Å²) in [5.74, 6) is 0.670. The van der Waals surface area contributed by atoms with E-state index in [-0.39, 0.29) is 0 Å².